The first kappa shape index (κ1) is 14.9. The highest BCUT2D eigenvalue weighted by molar-refractivity contribution is 4.74. The third-order valence-corrected chi connectivity index (χ3v) is 2.72. The number of ether oxygens (including phenoxy) is 2. The lowest BCUT2D eigenvalue weighted by Crippen LogP contribution is -2.33. The highest BCUT2D eigenvalue weighted by Gasteiger charge is 2.26. The summed E-state index contributed by atoms with van der Waals surface area (Å²) in [5.74, 6) is 0. The van der Waals surface area contributed by atoms with E-state index in [2.05, 4.69) is 27.7 Å². The van der Waals surface area contributed by atoms with Gasteiger partial charge in [0.2, 0.25) is 0 Å². The minimum Gasteiger partial charge on any atom is -0.356 e. The van der Waals surface area contributed by atoms with E-state index in [1.165, 1.54) is 19.3 Å². The summed E-state index contributed by atoms with van der Waals surface area (Å²) in [6.07, 6.45) is 5.11. The van der Waals surface area contributed by atoms with Gasteiger partial charge in [-0.25, -0.2) is 0 Å². The lowest BCUT2D eigenvalue weighted by molar-refractivity contribution is -0.171. The third-order valence-electron chi connectivity index (χ3n) is 2.72. The van der Waals surface area contributed by atoms with Gasteiger partial charge in [0.05, 0.1) is 6.10 Å². The molecule has 15 heavy (non-hydrogen) atoms. The van der Waals surface area contributed by atoms with E-state index in [0.717, 1.165) is 6.42 Å². The summed E-state index contributed by atoms with van der Waals surface area (Å²) < 4.78 is 11.0. The van der Waals surface area contributed by atoms with Gasteiger partial charge in [-0.15, -0.1) is 0 Å². The first-order chi connectivity index (χ1) is 6.91. The second kappa shape index (κ2) is 7.24. The fourth-order valence-electron chi connectivity index (χ4n) is 1.57. The molecule has 0 unspecified atom stereocenters. The normalized spacial score (nSPS) is 16.4. The number of rotatable bonds is 7. The molecule has 0 aliphatic rings. The van der Waals surface area contributed by atoms with Crippen molar-refractivity contribution >= 4 is 0 Å². The first-order valence-corrected chi connectivity index (χ1v) is 6.10. The Morgan fingerprint density at radius 2 is 1.73 bits per heavy atom. The highest BCUT2D eigenvalue weighted by Crippen LogP contribution is 2.27. The van der Waals surface area contributed by atoms with Crippen LogP contribution in [0.2, 0.25) is 0 Å². The Labute approximate surface area is 95.3 Å². The molecule has 0 radical (unpaired) electrons. The van der Waals surface area contributed by atoms with Crippen LogP contribution in [-0.2, 0) is 9.47 Å². The van der Waals surface area contributed by atoms with E-state index < -0.39 is 0 Å². The van der Waals surface area contributed by atoms with E-state index in [1.54, 1.807) is 7.11 Å². The summed E-state index contributed by atoms with van der Waals surface area (Å²) in [6.45, 7) is 10.9. The maximum absolute atomic E-state index is 5.89. The molecule has 92 valence electrons. The van der Waals surface area contributed by atoms with Crippen molar-refractivity contribution in [3.8, 4) is 0 Å². The largest absolute Gasteiger partial charge is 0.356 e. The van der Waals surface area contributed by atoms with Gasteiger partial charge in [0.1, 0.15) is 0 Å². The summed E-state index contributed by atoms with van der Waals surface area (Å²) in [7, 11) is 1.69. The summed E-state index contributed by atoms with van der Waals surface area (Å²) in [5, 5.41) is 0. The summed E-state index contributed by atoms with van der Waals surface area (Å²) >= 11 is 0. The SMILES string of the molecule is CCCCC[C@@H](O[C@H](C)OC)C(C)(C)C. The Hall–Kier alpha value is -0.0800. The predicted molar refractivity (Wildman–Crippen MR) is 64.9 cm³/mol. The molecule has 0 aromatic rings. The molecule has 0 heterocycles. The molecule has 0 spiro atoms. The fraction of sp³-hybridized carbons (Fsp3) is 1.00. The van der Waals surface area contributed by atoms with E-state index in [0.29, 0.717) is 6.10 Å². The number of methoxy groups -OCH3 is 1. The zero-order valence-electron chi connectivity index (χ0n) is 11.3. The zero-order valence-corrected chi connectivity index (χ0v) is 11.3. The molecule has 0 rings (SSSR count). The average Bonchev–Trinajstić information content (AvgIpc) is 2.14. The van der Waals surface area contributed by atoms with Gasteiger partial charge < -0.3 is 9.47 Å². The van der Waals surface area contributed by atoms with Crippen molar-refractivity contribution < 1.29 is 9.47 Å². The average molecular weight is 216 g/mol. The summed E-state index contributed by atoms with van der Waals surface area (Å²) in [6, 6.07) is 0. The monoisotopic (exact) mass is 216 g/mol. The maximum Gasteiger partial charge on any atom is 0.154 e. The van der Waals surface area contributed by atoms with Gasteiger partial charge in [0, 0.05) is 7.11 Å². The van der Waals surface area contributed by atoms with E-state index in [9.17, 15) is 0 Å². The van der Waals surface area contributed by atoms with Gasteiger partial charge in [-0.2, -0.15) is 0 Å². The van der Waals surface area contributed by atoms with Crippen molar-refractivity contribution in [1.82, 2.24) is 0 Å². The molecule has 0 aromatic carbocycles. The zero-order chi connectivity index (χ0) is 11.9. The molecule has 0 bridgehead atoms. The van der Waals surface area contributed by atoms with Gasteiger partial charge in [-0.05, 0) is 18.8 Å². The van der Waals surface area contributed by atoms with Crippen LogP contribution in [-0.4, -0.2) is 19.5 Å². The lowest BCUT2D eigenvalue weighted by Gasteiger charge is -2.32. The standard InChI is InChI=1S/C13H28O2/c1-7-8-9-10-12(13(3,4)5)15-11(2)14-6/h11-12H,7-10H2,1-6H3/t11-,12-/m1/s1. The molecule has 0 aliphatic carbocycles. The highest BCUT2D eigenvalue weighted by atomic mass is 16.7. The summed E-state index contributed by atoms with van der Waals surface area (Å²) in [5.41, 5.74) is 0.195. The molecule has 0 amide bonds. The van der Waals surface area contributed by atoms with Crippen molar-refractivity contribution in [3.05, 3.63) is 0 Å². The van der Waals surface area contributed by atoms with Crippen LogP contribution in [0.4, 0.5) is 0 Å². The maximum atomic E-state index is 5.89. The van der Waals surface area contributed by atoms with E-state index in [4.69, 9.17) is 9.47 Å². The molecule has 2 nitrogen and oxygen atoms in total. The van der Waals surface area contributed by atoms with Crippen molar-refractivity contribution in [1.29, 1.82) is 0 Å². The smallest absolute Gasteiger partial charge is 0.154 e. The van der Waals surface area contributed by atoms with Crippen molar-refractivity contribution in [2.75, 3.05) is 7.11 Å². The molecule has 0 saturated carbocycles. The van der Waals surface area contributed by atoms with Gasteiger partial charge in [0.15, 0.2) is 6.29 Å². The van der Waals surface area contributed by atoms with Crippen LogP contribution in [0.1, 0.15) is 60.3 Å². The van der Waals surface area contributed by atoms with Crippen LogP contribution in [0.5, 0.6) is 0 Å². The number of hydrogen-bond acceptors (Lipinski definition) is 2. The molecule has 0 N–H and O–H groups in total. The van der Waals surface area contributed by atoms with E-state index in [-0.39, 0.29) is 11.7 Å². The van der Waals surface area contributed by atoms with E-state index >= 15 is 0 Å². The van der Waals surface area contributed by atoms with Gasteiger partial charge in [0.25, 0.3) is 0 Å². The Kier molecular flexibility index (Phi) is 7.20. The predicted octanol–water partition coefficient (Wildman–Crippen LogP) is 3.99. The van der Waals surface area contributed by atoms with Crippen LogP contribution in [0, 0.1) is 5.41 Å². The molecule has 0 aromatic heterocycles. The Morgan fingerprint density at radius 3 is 2.13 bits per heavy atom. The Morgan fingerprint density at radius 1 is 1.13 bits per heavy atom. The van der Waals surface area contributed by atoms with Crippen LogP contribution in [0.25, 0.3) is 0 Å². The lowest BCUT2D eigenvalue weighted by atomic mass is 9.86. The molecular formula is C13H28O2. The molecular weight excluding hydrogens is 188 g/mol. The molecule has 0 fully saturated rings. The van der Waals surface area contributed by atoms with Gasteiger partial charge >= 0.3 is 0 Å². The molecule has 2 heteroatoms. The van der Waals surface area contributed by atoms with Crippen LogP contribution in [0.15, 0.2) is 0 Å². The van der Waals surface area contributed by atoms with Crippen molar-refractivity contribution in [2.45, 2.75) is 72.7 Å². The van der Waals surface area contributed by atoms with Gasteiger partial charge in [-0.3, -0.25) is 0 Å². The third kappa shape index (κ3) is 6.91. The Bertz CT molecular complexity index is 149. The number of hydrogen-bond donors (Lipinski definition) is 0. The minimum absolute atomic E-state index is 0.101. The van der Waals surface area contributed by atoms with Crippen molar-refractivity contribution in [2.24, 2.45) is 5.41 Å². The van der Waals surface area contributed by atoms with Crippen LogP contribution < -0.4 is 0 Å². The second-order valence-corrected chi connectivity index (χ2v) is 5.29. The minimum atomic E-state index is -0.101. The van der Waals surface area contributed by atoms with E-state index in [1.807, 2.05) is 6.92 Å². The molecule has 0 aliphatic heterocycles. The first-order valence-electron chi connectivity index (χ1n) is 6.10. The number of unbranched alkanes of at least 4 members (excludes halogenated alkanes) is 2. The van der Waals surface area contributed by atoms with Crippen molar-refractivity contribution in [3.63, 3.8) is 0 Å². The molecule has 0 saturated heterocycles. The quantitative estimate of drug-likeness (QED) is 0.473. The fourth-order valence-corrected chi connectivity index (χ4v) is 1.57. The topological polar surface area (TPSA) is 18.5 Å². The van der Waals surface area contributed by atoms with Crippen LogP contribution >= 0.6 is 0 Å². The summed E-state index contributed by atoms with van der Waals surface area (Å²) in [4.78, 5) is 0. The van der Waals surface area contributed by atoms with Crippen LogP contribution in [0.3, 0.4) is 0 Å². The second-order valence-electron chi connectivity index (χ2n) is 5.29. The Balaban J connectivity index is 4.08. The molecule has 2 atom stereocenters. The van der Waals surface area contributed by atoms with Gasteiger partial charge in [-0.1, -0.05) is 47.0 Å².